The molecule has 0 rings (SSSR count). The molecule has 0 atom stereocenters. The summed E-state index contributed by atoms with van der Waals surface area (Å²) in [5.74, 6) is -14.7. The predicted octanol–water partition coefficient (Wildman–Crippen LogP) is 3.72. The topological polar surface area (TPSA) is 27.7 Å². The van der Waals surface area contributed by atoms with Gasteiger partial charge in [0.1, 0.15) is 19.8 Å². The summed E-state index contributed by atoms with van der Waals surface area (Å²) in [7, 11) is -3.04. The fraction of sp³-hybridized carbons (Fsp3) is 1.00. The van der Waals surface area contributed by atoms with Crippen LogP contribution < -0.4 is 0 Å². The highest BCUT2D eigenvalue weighted by atomic mass is 19.3. The van der Waals surface area contributed by atoms with Gasteiger partial charge in [0.2, 0.25) is 0 Å². The molecule has 0 aliphatic carbocycles. The first kappa shape index (κ1) is 24.1. The Morgan fingerprint density at radius 3 is 0.880 bits per heavy atom. The molecule has 0 heterocycles. The lowest BCUT2D eigenvalue weighted by atomic mass is 10.2. The van der Waals surface area contributed by atoms with Crippen molar-refractivity contribution in [2.24, 2.45) is 0 Å². The van der Waals surface area contributed by atoms with E-state index in [9.17, 15) is 52.7 Å². The van der Waals surface area contributed by atoms with Crippen LogP contribution in [0.25, 0.3) is 0 Å². The van der Waals surface area contributed by atoms with Gasteiger partial charge in [-0.05, 0) is 0 Å². The Kier molecular flexibility index (Phi) is 8.83. The second-order valence-corrected chi connectivity index (χ2v) is 4.41. The van der Waals surface area contributed by atoms with E-state index in [4.69, 9.17) is 0 Å². The third-order valence-electron chi connectivity index (χ3n) is 2.19. The first-order chi connectivity index (χ1) is 11.1. The molecule has 150 valence electrons. The molecule has 0 spiro atoms. The maximum Gasteiger partial charge on any atom is 0.640 e. The van der Waals surface area contributed by atoms with E-state index in [1.165, 1.54) is 0 Å². The molecular formula is C9H9BF12O3. The minimum Gasteiger partial charge on any atom is -0.379 e. The van der Waals surface area contributed by atoms with E-state index in [1.807, 2.05) is 0 Å². The third kappa shape index (κ3) is 8.35. The molecule has 0 amide bonds. The molecule has 0 saturated heterocycles. The van der Waals surface area contributed by atoms with Crippen molar-refractivity contribution in [3.63, 3.8) is 0 Å². The van der Waals surface area contributed by atoms with Crippen LogP contribution in [0.1, 0.15) is 0 Å². The molecule has 16 heteroatoms. The summed E-state index contributed by atoms with van der Waals surface area (Å²) in [6, 6.07) is 0. The Hall–Kier alpha value is -0.895. The Labute approximate surface area is 132 Å². The SMILES string of the molecule is FC(F)C(F)(F)COB(OCC(F)(F)C(F)F)OCC(F)(F)C(F)F. The van der Waals surface area contributed by atoms with Crippen molar-refractivity contribution >= 4 is 7.32 Å². The van der Waals surface area contributed by atoms with Crippen LogP contribution in [0.15, 0.2) is 0 Å². The molecule has 0 aromatic rings. The molecule has 25 heavy (non-hydrogen) atoms. The average Bonchev–Trinajstić information content (AvgIpc) is 2.45. The van der Waals surface area contributed by atoms with E-state index < -0.39 is 64.2 Å². The maximum atomic E-state index is 12.6. The maximum absolute atomic E-state index is 12.6. The van der Waals surface area contributed by atoms with Gasteiger partial charge in [-0.2, -0.15) is 26.3 Å². The summed E-state index contributed by atoms with van der Waals surface area (Å²) < 4.78 is 158. The van der Waals surface area contributed by atoms with E-state index in [0.29, 0.717) is 0 Å². The fourth-order valence-corrected chi connectivity index (χ4v) is 0.871. The zero-order valence-electron chi connectivity index (χ0n) is 11.7. The van der Waals surface area contributed by atoms with Crippen molar-refractivity contribution in [1.82, 2.24) is 0 Å². The van der Waals surface area contributed by atoms with Crippen molar-refractivity contribution in [2.45, 2.75) is 37.0 Å². The Bertz CT molecular complexity index is 337. The van der Waals surface area contributed by atoms with Gasteiger partial charge in [-0.15, -0.1) is 0 Å². The van der Waals surface area contributed by atoms with Gasteiger partial charge in [0.05, 0.1) is 0 Å². The van der Waals surface area contributed by atoms with Crippen molar-refractivity contribution in [2.75, 3.05) is 19.8 Å². The van der Waals surface area contributed by atoms with Crippen molar-refractivity contribution < 1.29 is 66.6 Å². The van der Waals surface area contributed by atoms with Crippen LogP contribution >= 0.6 is 0 Å². The van der Waals surface area contributed by atoms with Crippen molar-refractivity contribution in [1.29, 1.82) is 0 Å². The highest BCUT2D eigenvalue weighted by Gasteiger charge is 2.47. The molecule has 0 aromatic heterocycles. The van der Waals surface area contributed by atoms with E-state index in [0.717, 1.165) is 0 Å². The standard InChI is InChI=1S/C9H9BF12O3/c11-4(12)7(17,18)1-23-10(24-2-8(19,20)5(13)14)25-3-9(21,22)6(15)16/h4-6H,1-3H2. The van der Waals surface area contributed by atoms with Crippen LogP contribution in [0, 0.1) is 0 Å². The minimum absolute atomic E-state index is 2.32. The largest absolute Gasteiger partial charge is 0.640 e. The van der Waals surface area contributed by atoms with Gasteiger partial charge in [-0.1, -0.05) is 0 Å². The van der Waals surface area contributed by atoms with E-state index in [1.54, 1.807) is 0 Å². The number of hydrogen-bond donors (Lipinski definition) is 0. The smallest absolute Gasteiger partial charge is 0.379 e. The Balaban J connectivity index is 4.87. The molecule has 0 N–H and O–H groups in total. The summed E-state index contributed by atoms with van der Waals surface area (Å²) in [6.45, 7) is -6.97. The van der Waals surface area contributed by atoms with E-state index >= 15 is 0 Å². The molecular weight excluding hydrogens is 395 g/mol. The van der Waals surface area contributed by atoms with Crippen molar-refractivity contribution in [3.8, 4) is 0 Å². The molecule has 0 aliphatic heterocycles. The highest BCUT2D eigenvalue weighted by molar-refractivity contribution is 6.36. The summed E-state index contributed by atoms with van der Waals surface area (Å²) in [5.41, 5.74) is 0. The Morgan fingerprint density at radius 2 is 0.720 bits per heavy atom. The summed E-state index contributed by atoms with van der Waals surface area (Å²) >= 11 is 0. The lowest BCUT2D eigenvalue weighted by Crippen LogP contribution is -2.44. The number of hydrogen-bond acceptors (Lipinski definition) is 3. The van der Waals surface area contributed by atoms with Crippen LogP contribution in [-0.2, 0) is 14.0 Å². The minimum atomic E-state index is -4.92. The van der Waals surface area contributed by atoms with Crippen LogP contribution in [0.4, 0.5) is 52.7 Å². The van der Waals surface area contributed by atoms with Crippen LogP contribution in [0.2, 0.25) is 0 Å². The molecule has 0 fully saturated rings. The van der Waals surface area contributed by atoms with Crippen molar-refractivity contribution in [3.05, 3.63) is 0 Å². The predicted molar refractivity (Wildman–Crippen MR) is 56.5 cm³/mol. The second kappa shape index (κ2) is 9.16. The number of alkyl halides is 12. The van der Waals surface area contributed by atoms with Gasteiger partial charge < -0.3 is 14.0 Å². The molecule has 0 radical (unpaired) electrons. The zero-order chi connectivity index (χ0) is 20.1. The lowest BCUT2D eigenvalue weighted by Gasteiger charge is -2.23. The molecule has 0 bridgehead atoms. The Morgan fingerprint density at radius 1 is 0.520 bits per heavy atom. The highest BCUT2D eigenvalue weighted by Crippen LogP contribution is 2.27. The molecule has 0 unspecified atom stereocenters. The second-order valence-electron chi connectivity index (χ2n) is 4.41. The first-order valence-corrected chi connectivity index (χ1v) is 5.94. The first-order valence-electron chi connectivity index (χ1n) is 5.94. The summed E-state index contributed by atoms with van der Waals surface area (Å²) in [5, 5.41) is 0. The summed E-state index contributed by atoms with van der Waals surface area (Å²) in [6.07, 6.45) is -13.0. The van der Waals surface area contributed by atoms with E-state index in [-0.39, 0.29) is 0 Å². The van der Waals surface area contributed by atoms with E-state index in [2.05, 4.69) is 14.0 Å². The third-order valence-corrected chi connectivity index (χ3v) is 2.19. The van der Waals surface area contributed by atoms with Crippen LogP contribution in [0.5, 0.6) is 0 Å². The summed E-state index contributed by atoms with van der Waals surface area (Å²) in [4.78, 5) is 0. The van der Waals surface area contributed by atoms with Gasteiger partial charge >= 0.3 is 44.4 Å². The van der Waals surface area contributed by atoms with Gasteiger partial charge in [-0.3, -0.25) is 0 Å². The molecule has 0 saturated carbocycles. The monoisotopic (exact) mass is 404 g/mol. The molecule has 0 aromatic carbocycles. The van der Waals surface area contributed by atoms with Crippen LogP contribution in [-0.4, -0.2) is 64.2 Å². The number of rotatable bonds is 12. The molecule has 0 aliphatic rings. The van der Waals surface area contributed by atoms with Gasteiger partial charge in [0.25, 0.3) is 0 Å². The quantitative estimate of drug-likeness (QED) is 0.367. The zero-order valence-corrected chi connectivity index (χ0v) is 11.7. The molecule has 3 nitrogen and oxygen atoms in total. The van der Waals surface area contributed by atoms with Crippen LogP contribution in [0.3, 0.4) is 0 Å². The fourth-order valence-electron chi connectivity index (χ4n) is 0.871. The van der Waals surface area contributed by atoms with Gasteiger partial charge in [0.15, 0.2) is 0 Å². The number of halogens is 12. The normalized spacial score (nSPS) is 14.0. The lowest BCUT2D eigenvalue weighted by molar-refractivity contribution is -0.178. The average molecular weight is 404 g/mol. The van der Waals surface area contributed by atoms with Gasteiger partial charge in [-0.25, -0.2) is 26.3 Å². The van der Waals surface area contributed by atoms with Gasteiger partial charge in [0, 0.05) is 0 Å².